The van der Waals surface area contributed by atoms with Gasteiger partial charge in [-0.2, -0.15) is 0 Å². The highest BCUT2D eigenvalue weighted by atomic mass is 16.3. The van der Waals surface area contributed by atoms with E-state index in [0.717, 1.165) is 25.7 Å². The minimum Gasteiger partial charge on any atom is -0.395 e. The van der Waals surface area contributed by atoms with E-state index in [4.69, 9.17) is 0 Å². The van der Waals surface area contributed by atoms with Gasteiger partial charge in [-0.1, -0.05) is 33.1 Å². The molecule has 1 aliphatic rings. The van der Waals surface area contributed by atoms with Crippen LogP contribution in [0.3, 0.4) is 0 Å². The molecule has 152 valence electrons. The minimum atomic E-state index is -0.968. The first-order valence-electron chi connectivity index (χ1n) is 10.3. The molecule has 2 heterocycles. The number of hydrogen-bond acceptors (Lipinski definition) is 6. The van der Waals surface area contributed by atoms with Crippen molar-refractivity contribution in [3.63, 3.8) is 0 Å². The Balaban J connectivity index is 2.00. The van der Waals surface area contributed by atoms with Crippen molar-refractivity contribution >= 4 is 17.0 Å². The number of nitrogens with one attached hydrogen (secondary N) is 1. The number of hydrogen-bond donors (Lipinski definition) is 3. The molecule has 0 saturated heterocycles. The van der Waals surface area contributed by atoms with Crippen molar-refractivity contribution in [1.82, 2.24) is 19.5 Å². The number of aliphatic hydroxyl groups is 2. The third-order valence-electron chi connectivity index (χ3n) is 5.51. The molecule has 2 aromatic rings. The fourth-order valence-electron chi connectivity index (χ4n) is 3.87. The maximum Gasteiger partial charge on any atom is 0.209 e. The first-order valence-corrected chi connectivity index (χ1v) is 10.3. The van der Waals surface area contributed by atoms with Crippen LogP contribution in [-0.2, 0) is 6.54 Å². The van der Waals surface area contributed by atoms with Gasteiger partial charge in [0.2, 0.25) is 5.82 Å². The molecule has 7 nitrogen and oxygen atoms in total. The van der Waals surface area contributed by atoms with Crippen LogP contribution in [0.4, 0.5) is 5.82 Å². The van der Waals surface area contributed by atoms with Gasteiger partial charge >= 0.3 is 0 Å². The fourth-order valence-corrected chi connectivity index (χ4v) is 3.87. The number of fused-ring (bicyclic) bond motifs is 1. The van der Waals surface area contributed by atoms with Crippen LogP contribution in [0.2, 0.25) is 0 Å². The van der Waals surface area contributed by atoms with Crippen molar-refractivity contribution in [2.45, 2.75) is 77.5 Å². The summed E-state index contributed by atoms with van der Waals surface area (Å²) in [4.78, 5) is 13.6. The molecular formula is C21H31N5O2. The van der Waals surface area contributed by atoms with Crippen LogP contribution in [0.1, 0.15) is 65.1 Å². The largest absolute Gasteiger partial charge is 0.395 e. The van der Waals surface area contributed by atoms with Crippen LogP contribution in [-0.4, -0.2) is 48.0 Å². The second-order valence-electron chi connectivity index (χ2n) is 7.87. The van der Waals surface area contributed by atoms with Crippen LogP contribution >= 0.6 is 0 Å². The predicted octanol–water partition coefficient (Wildman–Crippen LogP) is 2.71. The lowest BCUT2D eigenvalue weighted by atomic mass is 9.79. The molecular weight excluding hydrogens is 354 g/mol. The van der Waals surface area contributed by atoms with E-state index in [-0.39, 0.29) is 12.6 Å². The Labute approximate surface area is 166 Å². The number of aliphatic hydroxyl groups excluding tert-OH is 1. The van der Waals surface area contributed by atoms with E-state index < -0.39 is 5.60 Å². The van der Waals surface area contributed by atoms with Crippen LogP contribution in [0.25, 0.3) is 11.2 Å². The van der Waals surface area contributed by atoms with Crippen LogP contribution in [0, 0.1) is 17.8 Å². The minimum absolute atomic E-state index is 0.00339. The molecule has 2 aromatic heterocycles. The zero-order valence-corrected chi connectivity index (χ0v) is 17.1. The highest BCUT2D eigenvalue weighted by Crippen LogP contribution is 2.31. The summed E-state index contributed by atoms with van der Waals surface area (Å²) < 4.78 is 1.80. The highest BCUT2D eigenvalue weighted by Gasteiger charge is 2.30. The van der Waals surface area contributed by atoms with Gasteiger partial charge in [-0.25, -0.2) is 15.0 Å². The Hall–Kier alpha value is -2.17. The van der Waals surface area contributed by atoms with Crippen molar-refractivity contribution in [3.8, 4) is 11.8 Å². The molecule has 0 aromatic carbocycles. The number of imidazole rings is 1. The van der Waals surface area contributed by atoms with E-state index in [0.29, 0.717) is 48.1 Å². The third-order valence-corrected chi connectivity index (χ3v) is 5.51. The molecule has 1 fully saturated rings. The van der Waals surface area contributed by atoms with Crippen molar-refractivity contribution in [2.75, 3.05) is 11.9 Å². The lowest BCUT2D eigenvalue weighted by Gasteiger charge is -2.30. The molecule has 0 amide bonds. The smallest absolute Gasteiger partial charge is 0.209 e. The quantitative estimate of drug-likeness (QED) is 0.662. The maximum absolute atomic E-state index is 10.8. The average Bonchev–Trinajstić information content (AvgIpc) is 3.08. The number of rotatable bonds is 6. The van der Waals surface area contributed by atoms with Gasteiger partial charge in [0.25, 0.3) is 0 Å². The van der Waals surface area contributed by atoms with E-state index >= 15 is 0 Å². The number of aromatic nitrogens is 4. The van der Waals surface area contributed by atoms with Crippen molar-refractivity contribution < 1.29 is 10.2 Å². The Morgan fingerprint density at radius 1 is 1.36 bits per heavy atom. The molecule has 1 aliphatic carbocycles. The molecule has 2 atom stereocenters. The molecule has 7 heteroatoms. The fraction of sp³-hybridized carbons (Fsp3) is 0.667. The van der Waals surface area contributed by atoms with E-state index in [1.54, 1.807) is 10.9 Å². The first-order chi connectivity index (χ1) is 13.5. The molecule has 0 spiro atoms. The molecule has 0 unspecified atom stereocenters. The molecule has 0 radical (unpaired) electrons. The summed E-state index contributed by atoms with van der Waals surface area (Å²) in [5.41, 5.74) is 0.353. The van der Waals surface area contributed by atoms with Crippen molar-refractivity contribution in [1.29, 1.82) is 0 Å². The average molecular weight is 386 g/mol. The summed E-state index contributed by atoms with van der Waals surface area (Å²) in [5, 5.41) is 23.6. The van der Waals surface area contributed by atoms with Gasteiger partial charge in [-0.3, -0.25) is 0 Å². The third kappa shape index (κ3) is 4.62. The van der Waals surface area contributed by atoms with Crippen molar-refractivity contribution in [2.24, 2.45) is 5.92 Å². The second-order valence-corrected chi connectivity index (χ2v) is 7.87. The van der Waals surface area contributed by atoms with Crippen LogP contribution < -0.4 is 5.32 Å². The first kappa shape index (κ1) is 20.6. The molecule has 28 heavy (non-hydrogen) atoms. The van der Waals surface area contributed by atoms with E-state index in [1.165, 1.54) is 0 Å². The predicted molar refractivity (Wildman–Crippen MR) is 110 cm³/mol. The lowest BCUT2D eigenvalue weighted by molar-refractivity contribution is 0.0410. The van der Waals surface area contributed by atoms with Crippen molar-refractivity contribution in [3.05, 3.63) is 12.2 Å². The van der Waals surface area contributed by atoms with Gasteiger partial charge in [0, 0.05) is 12.6 Å². The molecule has 3 N–H and O–H groups in total. The van der Waals surface area contributed by atoms with Gasteiger partial charge in [-0.05, 0) is 43.9 Å². The van der Waals surface area contributed by atoms with Gasteiger partial charge in [0.1, 0.15) is 5.60 Å². The molecule has 3 rings (SSSR count). The second kappa shape index (κ2) is 8.89. The SMILES string of the molecule is CCC(CC)Nc1nc(C#C[C@]2(O)CCC[C@@H](C)C2)nc2c1ncn2CCO. The summed E-state index contributed by atoms with van der Waals surface area (Å²) in [6, 6.07) is 0.283. The van der Waals surface area contributed by atoms with E-state index in [9.17, 15) is 10.2 Å². The monoisotopic (exact) mass is 385 g/mol. The maximum atomic E-state index is 10.8. The standard InChI is InChI=1S/C21H31N5O2/c1-4-16(5-2)23-19-18-20(26(11-12-27)14-22-18)25-17(24-19)8-10-21(28)9-6-7-15(3)13-21/h14-16,27-28H,4-7,9,11-13H2,1-3H3,(H,23,24,25)/t15-,21-/m1/s1. The number of anilines is 1. The summed E-state index contributed by atoms with van der Waals surface area (Å²) in [5.74, 6) is 7.54. The Kier molecular flexibility index (Phi) is 6.53. The Morgan fingerprint density at radius 3 is 2.82 bits per heavy atom. The van der Waals surface area contributed by atoms with Gasteiger partial charge < -0.3 is 20.1 Å². The summed E-state index contributed by atoms with van der Waals surface area (Å²) in [6.07, 6.45) is 7.10. The lowest BCUT2D eigenvalue weighted by Crippen LogP contribution is -2.32. The molecule has 0 aliphatic heterocycles. The van der Waals surface area contributed by atoms with Gasteiger partial charge in [-0.15, -0.1) is 0 Å². The van der Waals surface area contributed by atoms with Crippen LogP contribution in [0.5, 0.6) is 0 Å². The topological polar surface area (TPSA) is 96.1 Å². The summed E-state index contributed by atoms with van der Waals surface area (Å²) >= 11 is 0. The molecule has 1 saturated carbocycles. The Morgan fingerprint density at radius 2 is 2.14 bits per heavy atom. The van der Waals surface area contributed by atoms with Crippen LogP contribution in [0.15, 0.2) is 6.33 Å². The summed E-state index contributed by atoms with van der Waals surface area (Å²) in [6.45, 7) is 6.82. The molecule has 0 bridgehead atoms. The zero-order chi connectivity index (χ0) is 20.1. The Bertz CT molecular complexity index is 865. The van der Waals surface area contributed by atoms with E-state index in [1.807, 2.05) is 0 Å². The van der Waals surface area contributed by atoms with E-state index in [2.05, 4.69) is 52.9 Å². The van der Waals surface area contributed by atoms with Gasteiger partial charge in [0.05, 0.1) is 12.9 Å². The zero-order valence-electron chi connectivity index (χ0n) is 17.1. The summed E-state index contributed by atoms with van der Waals surface area (Å²) in [7, 11) is 0. The normalized spacial score (nSPS) is 22.3. The number of nitrogens with zero attached hydrogens (tertiary/aromatic N) is 4. The van der Waals surface area contributed by atoms with Gasteiger partial charge in [0.15, 0.2) is 17.0 Å². The highest BCUT2D eigenvalue weighted by molar-refractivity contribution is 5.83.